The van der Waals surface area contributed by atoms with Crippen LogP contribution in [0.1, 0.15) is 12.5 Å². The normalized spacial score (nSPS) is 12.4. The van der Waals surface area contributed by atoms with Gasteiger partial charge in [0.25, 0.3) is 0 Å². The van der Waals surface area contributed by atoms with E-state index in [0.717, 1.165) is 18.7 Å². The zero-order valence-electron chi connectivity index (χ0n) is 11.2. The van der Waals surface area contributed by atoms with Crippen LogP contribution < -0.4 is 10.1 Å². The Balaban J connectivity index is 2.13. The molecule has 1 rings (SSSR count). The zero-order valence-corrected chi connectivity index (χ0v) is 11.2. The molecule has 0 amide bonds. The topological polar surface area (TPSA) is 50.7 Å². The Morgan fingerprint density at radius 1 is 1.28 bits per heavy atom. The van der Waals surface area contributed by atoms with E-state index in [0.29, 0.717) is 19.8 Å². The smallest absolute Gasteiger partial charge is 0.118 e. The third kappa shape index (κ3) is 6.00. The van der Waals surface area contributed by atoms with Gasteiger partial charge in [-0.3, -0.25) is 0 Å². The number of methoxy groups -OCH3 is 1. The molecule has 0 fully saturated rings. The van der Waals surface area contributed by atoms with E-state index < -0.39 is 6.10 Å². The summed E-state index contributed by atoms with van der Waals surface area (Å²) in [4.78, 5) is 0. The summed E-state index contributed by atoms with van der Waals surface area (Å²) in [6, 6.07) is 8.02. The van der Waals surface area contributed by atoms with Gasteiger partial charge in [0, 0.05) is 13.2 Å². The molecular weight excluding hydrogens is 230 g/mol. The van der Waals surface area contributed by atoms with Crippen molar-refractivity contribution in [3.05, 3.63) is 29.8 Å². The molecule has 0 radical (unpaired) electrons. The summed E-state index contributed by atoms with van der Waals surface area (Å²) >= 11 is 0. The Morgan fingerprint density at radius 3 is 2.61 bits per heavy atom. The molecule has 1 aromatic rings. The molecule has 18 heavy (non-hydrogen) atoms. The number of nitrogens with one attached hydrogen (secondary N) is 1. The summed E-state index contributed by atoms with van der Waals surface area (Å²) in [5.74, 6) is 0.874. The minimum Gasteiger partial charge on any atom is -0.497 e. The molecule has 0 aliphatic rings. The monoisotopic (exact) mass is 253 g/mol. The molecule has 0 bridgehead atoms. The van der Waals surface area contributed by atoms with E-state index in [1.807, 2.05) is 19.1 Å². The van der Waals surface area contributed by atoms with Gasteiger partial charge in [-0.1, -0.05) is 12.1 Å². The van der Waals surface area contributed by atoms with Crippen LogP contribution in [0.5, 0.6) is 5.75 Å². The van der Waals surface area contributed by atoms with E-state index in [1.54, 1.807) is 7.11 Å². The van der Waals surface area contributed by atoms with Gasteiger partial charge in [0.1, 0.15) is 5.75 Å². The molecule has 2 N–H and O–H groups in total. The van der Waals surface area contributed by atoms with E-state index in [9.17, 15) is 5.11 Å². The van der Waals surface area contributed by atoms with Crippen molar-refractivity contribution in [1.29, 1.82) is 0 Å². The number of rotatable bonds is 9. The predicted molar refractivity (Wildman–Crippen MR) is 72.1 cm³/mol. The van der Waals surface area contributed by atoms with Crippen LogP contribution in [0.15, 0.2) is 24.3 Å². The first-order valence-corrected chi connectivity index (χ1v) is 6.35. The maximum absolute atomic E-state index is 9.54. The third-order valence-electron chi connectivity index (χ3n) is 2.64. The summed E-state index contributed by atoms with van der Waals surface area (Å²) in [6.45, 7) is 4.37. The Kier molecular flexibility index (Phi) is 7.41. The van der Waals surface area contributed by atoms with Gasteiger partial charge in [-0.15, -0.1) is 0 Å². The number of aliphatic hydroxyl groups excluding tert-OH is 1. The van der Waals surface area contributed by atoms with Gasteiger partial charge in [-0.25, -0.2) is 0 Å². The van der Waals surface area contributed by atoms with Crippen molar-refractivity contribution in [2.75, 3.05) is 33.4 Å². The van der Waals surface area contributed by atoms with E-state index in [1.165, 1.54) is 5.56 Å². The van der Waals surface area contributed by atoms with Crippen molar-refractivity contribution in [3.8, 4) is 5.75 Å². The second kappa shape index (κ2) is 8.91. The molecule has 1 aromatic carbocycles. The summed E-state index contributed by atoms with van der Waals surface area (Å²) in [6.07, 6.45) is 0.506. The lowest BCUT2D eigenvalue weighted by Crippen LogP contribution is -2.31. The maximum Gasteiger partial charge on any atom is 0.118 e. The second-order valence-corrected chi connectivity index (χ2v) is 4.12. The first-order chi connectivity index (χ1) is 8.76. The number of aliphatic hydroxyl groups is 1. The van der Waals surface area contributed by atoms with Crippen LogP contribution in [0.2, 0.25) is 0 Å². The minimum atomic E-state index is -0.430. The molecule has 1 unspecified atom stereocenters. The van der Waals surface area contributed by atoms with Crippen molar-refractivity contribution >= 4 is 0 Å². The van der Waals surface area contributed by atoms with E-state index in [4.69, 9.17) is 9.47 Å². The third-order valence-corrected chi connectivity index (χ3v) is 2.64. The predicted octanol–water partition coefficient (Wildman–Crippen LogP) is 1.22. The van der Waals surface area contributed by atoms with Crippen LogP contribution in [-0.4, -0.2) is 44.6 Å². The first-order valence-electron chi connectivity index (χ1n) is 6.35. The number of ether oxygens (including phenoxy) is 2. The van der Waals surface area contributed by atoms with Gasteiger partial charge in [0.15, 0.2) is 0 Å². The molecule has 0 spiro atoms. The molecule has 0 heterocycles. The maximum atomic E-state index is 9.54. The van der Waals surface area contributed by atoms with Crippen LogP contribution in [0, 0.1) is 0 Å². The lowest BCUT2D eigenvalue weighted by Gasteiger charge is -2.11. The number of benzene rings is 1. The molecule has 4 nitrogen and oxygen atoms in total. The molecule has 1 atom stereocenters. The minimum absolute atomic E-state index is 0.395. The van der Waals surface area contributed by atoms with Gasteiger partial charge in [-0.2, -0.15) is 0 Å². The average molecular weight is 253 g/mol. The van der Waals surface area contributed by atoms with Crippen LogP contribution >= 0.6 is 0 Å². The highest BCUT2D eigenvalue weighted by Crippen LogP contribution is 2.11. The largest absolute Gasteiger partial charge is 0.497 e. The molecule has 0 aliphatic heterocycles. The number of hydrogen-bond acceptors (Lipinski definition) is 4. The highest BCUT2D eigenvalue weighted by atomic mass is 16.5. The highest BCUT2D eigenvalue weighted by Gasteiger charge is 2.02. The fraction of sp³-hybridized carbons (Fsp3) is 0.571. The van der Waals surface area contributed by atoms with Crippen LogP contribution in [0.3, 0.4) is 0 Å². The van der Waals surface area contributed by atoms with Crippen molar-refractivity contribution < 1.29 is 14.6 Å². The molecule has 0 saturated carbocycles. The summed E-state index contributed by atoms with van der Waals surface area (Å²) in [5, 5.41) is 12.8. The quantitative estimate of drug-likeness (QED) is 0.650. The molecule has 0 saturated heterocycles. The fourth-order valence-corrected chi connectivity index (χ4v) is 1.61. The van der Waals surface area contributed by atoms with Gasteiger partial charge in [0.2, 0.25) is 0 Å². The molecule has 0 aliphatic carbocycles. The Hall–Kier alpha value is -1.10. The Bertz CT molecular complexity index is 313. The Morgan fingerprint density at radius 2 is 2.00 bits per heavy atom. The number of hydrogen-bond donors (Lipinski definition) is 2. The fourth-order valence-electron chi connectivity index (χ4n) is 1.61. The Labute approximate surface area is 109 Å². The molecule has 4 heteroatoms. The summed E-state index contributed by atoms with van der Waals surface area (Å²) < 4.78 is 10.2. The van der Waals surface area contributed by atoms with E-state index >= 15 is 0 Å². The van der Waals surface area contributed by atoms with Crippen molar-refractivity contribution in [1.82, 2.24) is 5.32 Å². The molecular formula is C14H23NO3. The van der Waals surface area contributed by atoms with Crippen LogP contribution in [0.25, 0.3) is 0 Å². The lowest BCUT2D eigenvalue weighted by atomic mass is 10.1. The SMILES string of the molecule is CCOCC(O)CNCCc1ccc(OC)cc1. The second-order valence-electron chi connectivity index (χ2n) is 4.12. The molecule has 102 valence electrons. The summed E-state index contributed by atoms with van der Waals surface area (Å²) in [7, 11) is 1.66. The lowest BCUT2D eigenvalue weighted by molar-refractivity contribution is 0.0430. The van der Waals surface area contributed by atoms with E-state index in [2.05, 4.69) is 17.4 Å². The van der Waals surface area contributed by atoms with Gasteiger partial charge < -0.3 is 19.9 Å². The standard InChI is InChI=1S/C14H23NO3/c1-3-18-11-13(16)10-15-9-8-12-4-6-14(17-2)7-5-12/h4-7,13,15-16H,3,8-11H2,1-2H3. The van der Waals surface area contributed by atoms with Crippen LogP contribution in [0.4, 0.5) is 0 Å². The van der Waals surface area contributed by atoms with Crippen LogP contribution in [-0.2, 0) is 11.2 Å². The van der Waals surface area contributed by atoms with Gasteiger partial charge >= 0.3 is 0 Å². The average Bonchev–Trinajstić information content (AvgIpc) is 2.42. The molecule has 0 aromatic heterocycles. The highest BCUT2D eigenvalue weighted by molar-refractivity contribution is 5.27. The van der Waals surface area contributed by atoms with Crippen molar-refractivity contribution in [2.45, 2.75) is 19.4 Å². The van der Waals surface area contributed by atoms with Crippen molar-refractivity contribution in [2.24, 2.45) is 0 Å². The van der Waals surface area contributed by atoms with Crippen molar-refractivity contribution in [3.63, 3.8) is 0 Å². The summed E-state index contributed by atoms with van der Waals surface area (Å²) in [5.41, 5.74) is 1.25. The zero-order chi connectivity index (χ0) is 13.2. The van der Waals surface area contributed by atoms with E-state index in [-0.39, 0.29) is 0 Å². The van der Waals surface area contributed by atoms with Gasteiger partial charge in [0.05, 0.1) is 19.8 Å². The first kappa shape index (κ1) is 15.0. The van der Waals surface area contributed by atoms with Gasteiger partial charge in [-0.05, 0) is 37.6 Å².